The average Bonchev–Trinajstić information content (AvgIpc) is 2.77. The fourth-order valence-electron chi connectivity index (χ4n) is 4.42. The van der Waals surface area contributed by atoms with Crippen LogP contribution < -0.4 is 5.56 Å². The number of para-hydroxylation sites is 1. The predicted molar refractivity (Wildman–Crippen MR) is 126 cm³/mol. The van der Waals surface area contributed by atoms with Gasteiger partial charge in [0, 0.05) is 12.1 Å². The lowest BCUT2D eigenvalue weighted by atomic mass is 9.97. The summed E-state index contributed by atoms with van der Waals surface area (Å²) in [6, 6.07) is 17.8. The summed E-state index contributed by atoms with van der Waals surface area (Å²) in [4.78, 5) is 33.5. The van der Waals surface area contributed by atoms with Crippen molar-refractivity contribution >= 4 is 28.6 Å². The summed E-state index contributed by atoms with van der Waals surface area (Å²) in [6.07, 6.45) is 3.25. The number of fused-ring (bicyclic) bond motifs is 1. The summed E-state index contributed by atoms with van der Waals surface area (Å²) in [5.74, 6) is 0.123. The standard InChI is InChI=1S/C25H29N3O2S/c1-17-10-9-11-18(2)28(17)23(29)19(3)31-25-26-22-15-8-7-14-21(22)24(30)27(25)16-20-12-5-4-6-13-20/h4-8,12-15,17-19H,9-11,16H2,1-3H3. The van der Waals surface area contributed by atoms with E-state index in [4.69, 9.17) is 4.98 Å². The zero-order valence-corrected chi connectivity index (χ0v) is 19.1. The van der Waals surface area contributed by atoms with Gasteiger partial charge in [0.05, 0.1) is 22.7 Å². The number of hydrogen-bond donors (Lipinski definition) is 0. The summed E-state index contributed by atoms with van der Waals surface area (Å²) in [5, 5.41) is 0.865. The third-order valence-corrected chi connectivity index (χ3v) is 7.17. The number of thioether (sulfide) groups is 1. The van der Waals surface area contributed by atoms with E-state index in [0.29, 0.717) is 22.6 Å². The summed E-state index contributed by atoms with van der Waals surface area (Å²) in [5.41, 5.74) is 1.62. The van der Waals surface area contributed by atoms with E-state index < -0.39 is 0 Å². The number of carbonyl (C=O) groups excluding carboxylic acids is 1. The Morgan fingerprint density at radius 2 is 1.71 bits per heavy atom. The van der Waals surface area contributed by atoms with E-state index in [1.54, 1.807) is 4.57 Å². The normalized spacial score (nSPS) is 20.0. The van der Waals surface area contributed by atoms with Crippen LogP contribution in [0.4, 0.5) is 0 Å². The largest absolute Gasteiger partial charge is 0.336 e. The molecule has 162 valence electrons. The molecule has 1 fully saturated rings. The van der Waals surface area contributed by atoms with E-state index in [1.807, 2.05) is 66.4 Å². The van der Waals surface area contributed by atoms with Gasteiger partial charge in [-0.3, -0.25) is 14.2 Å². The van der Waals surface area contributed by atoms with Crippen molar-refractivity contribution < 1.29 is 4.79 Å². The Morgan fingerprint density at radius 3 is 2.42 bits per heavy atom. The molecule has 2 heterocycles. The Kier molecular flexibility index (Phi) is 6.46. The van der Waals surface area contributed by atoms with Crippen LogP contribution >= 0.6 is 11.8 Å². The molecule has 1 aliphatic rings. The van der Waals surface area contributed by atoms with Crippen LogP contribution in [0.3, 0.4) is 0 Å². The molecule has 6 heteroatoms. The second kappa shape index (κ2) is 9.27. The Bertz CT molecular complexity index is 1120. The summed E-state index contributed by atoms with van der Waals surface area (Å²) >= 11 is 1.38. The van der Waals surface area contributed by atoms with Gasteiger partial charge in [-0.25, -0.2) is 4.98 Å². The van der Waals surface area contributed by atoms with Crippen molar-refractivity contribution in [2.24, 2.45) is 0 Å². The van der Waals surface area contributed by atoms with Crippen molar-refractivity contribution in [3.05, 3.63) is 70.5 Å². The third-order valence-electron chi connectivity index (χ3n) is 6.09. The third kappa shape index (κ3) is 4.54. The quantitative estimate of drug-likeness (QED) is 0.430. The lowest BCUT2D eigenvalue weighted by Crippen LogP contribution is -2.50. The molecule has 0 saturated carbocycles. The Hall–Kier alpha value is -2.60. The second-order valence-corrected chi connectivity index (χ2v) is 9.73. The molecule has 1 amide bonds. The van der Waals surface area contributed by atoms with Crippen molar-refractivity contribution in [2.75, 3.05) is 0 Å². The zero-order chi connectivity index (χ0) is 22.0. The number of amides is 1. The number of benzene rings is 2. The summed E-state index contributed by atoms with van der Waals surface area (Å²) < 4.78 is 1.70. The topological polar surface area (TPSA) is 55.2 Å². The van der Waals surface area contributed by atoms with Crippen molar-refractivity contribution in [3.63, 3.8) is 0 Å². The molecule has 0 bridgehead atoms. The van der Waals surface area contributed by atoms with Gasteiger partial charge in [-0.2, -0.15) is 0 Å². The lowest BCUT2D eigenvalue weighted by molar-refractivity contribution is -0.136. The van der Waals surface area contributed by atoms with Gasteiger partial charge in [-0.05, 0) is 57.7 Å². The van der Waals surface area contributed by atoms with Crippen LogP contribution in [0.5, 0.6) is 0 Å². The number of carbonyl (C=O) groups is 1. The number of aromatic nitrogens is 2. The van der Waals surface area contributed by atoms with Gasteiger partial charge in [0.2, 0.25) is 5.91 Å². The van der Waals surface area contributed by atoms with Gasteiger partial charge < -0.3 is 4.90 Å². The van der Waals surface area contributed by atoms with Crippen LogP contribution in [0.2, 0.25) is 0 Å². The highest BCUT2D eigenvalue weighted by atomic mass is 32.2. The number of likely N-dealkylation sites (tertiary alicyclic amines) is 1. The number of nitrogens with zero attached hydrogens (tertiary/aromatic N) is 3. The molecule has 4 rings (SSSR count). The molecule has 31 heavy (non-hydrogen) atoms. The molecule has 3 aromatic rings. The van der Waals surface area contributed by atoms with Crippen molar-refractivity contribution in [1.82, 2.24) is 14.5 Å². The molecule has 0 aliphatic carbocycles. The van der Waals surface area contributed by atoms with Gasteiger partial charge in [-0.15, -0.1) is 0 Å². The van der Waals surface area contributed by atoms with Crippen LogP contribution in [-0.4, -0.2) is 37.7 Å². The molecule has 1 saturated heterocycles. The second-order valence-electron chi connectivity index (χ2n) is 8.42. The van der Waals surface area contributed by atoms with Crippen molar-refractivity contribution in [1.29, 1.82) is 0 Å². The molecule has 1 aromatic heterocycles. The first kappa shape index (κ1) is 21.6. The van der Waals surface area contributed by atoms with Crippen LogP contribution in [0.1, 0.15) is 45.6 Å². The Balaban J connectivity index is 1.69. The first-order valence-electron chi connectivity index (χ1n) is 11.0. The van der Waals surface area contributed by atoms with Gasteiger partial charge in [-0.1, -0.05) is 54.2 Å². The fraction of sp³-hybridized carbons (Fsp3) is 0.400. The zero-order valence-electron chi connectivity index (χ0n) is 18.3. The minimum absolute atomic E-state index is 0.0729. The number of hydrogen-bond acceptors (Lipinski definition) is 4. The first-order valence-corrected chi connectivity index (χ1v) is 11.9. The molecule has 3 unspecified atom stereocenters. The van der Waals surface area contributed by atoms with E-state index in [2.05, 4.69) is 13.8 Å². The van der Waals surface area contributed by atoms with Gasteiger partial charge >= 0.3 is 0 Å². The minimum atomic E-state index is -0.321. The molecule has 0 N–H and O–H groups in total. The van der Waals surface area contributed by atoms with Crippen molar-refractivity contribution in [3.8, 4) is 0 Å². The highest BCUT2D eigenvalue weighted by Gasteiger charge is 2.32. The highest BCUT2D eigenvalue weighted by Crippen LogP contribution is 2.29. The molecule has 1 aliphatic heterocycles. The van der Waals surface area contributed by atoms with Crippen molar-refractivity contribution in [2.45, 2.75) is 69.1 Å². The molecule has 2 aromatic carbocycles. The lowest BCUT2D eigenvalue weighted by Gasteiger charge is -2.40. The molecular formula is C25H29N3O2S. The van der Waals surface area contributed by atoms with Crippen LogP contribution in [0, 0.1) is 0 Å². The van der Waals surface area contributed by atoms with E-state index in [-0.39, 0.29) is 28.8 Å². The molecule has 3 atom stereocenters. The van der Waals surface area contributed by atoms with Gasteiger partial charge in [0.1, 0.15) is 0 Å². The smallest absolute Gasteiger partial charge is 0.262 e. The maximum absolute atomic E-state index is 13.3. The summed E-state index contributed by atoms with van der Waals surface area (Å²) in [7, 11) is 0. The first-order chi connectivity index (χ1) is 15.0. The summed E-state index contributed by atoms with van der Waals surface area (Å²) in [6.45, 7) is 6.61. The Morgan fingerprint density at radius 1 is 1.06 bits per heavy atom. The maximum Gasteiger partial charge on any atom is 0.262 e. The predicted octanol–water partition coefficient (Wildman–Crippen LogP) is 4.71. The van der Waals surface area contributed by atoms with Crippen LogP contribution in [-0.2, 0) is 11.3 Å². The average molecular weight is 436 g/mol. The van der Waals surface area contributed by atoms with E-state index in [1.165, 1.54) is 11.8 Å². The number of piperidine rings is 1. The molecule has 5 nitrogen and oxygen atoms in total. The Labute approximate surface area is 187 Å². The van der Waals surface area contributed by atoms with Crippen LogP contribution in [0.25, 0.3) is 10.9 Å². The van der Waals surface area contributed by atoms with Gasteiger partial charge in [0.25, 0.3) is 5.56 Å². The van der Waals surface area contributed by atoms with E-state index in [0.717, 1.165) is 24.8 Å². The SMILES string of the molecule is CC(Sc1nc2ccccc2c(=O)n1Cc1ccccc1)C(=O)N1C(C)CCCC1C. The fourth-order valence-corrected chi connectivity index (χ4v) is 5.38. The van der Waals surface area contributed by atoms with E-state index in [9.17, 15) is 9.59 Å². The van der Waals surface area contributed by atoms with Gasteiger partial charge in [0.15, 0.2) is 5.16 Å². The molecule has 0 radical (unpaired) electrons. The monoisotopic (exact) mass is 435 g/mol. The molecule has 0 spiro atoms. The molecular weight excluding hydrogens is 406 g/mol. The maximum atomic E-state index is 13.3. The number of rotatable bonds is 5. The highest BCUT2D eigenvalue weighted by molar-refractivity contribution is 8.00. The van der Waals surface area contributed by atoms with Crippen LogP contribution in [0.15, 0.2) is 64.5 Å². The minimum Gasteiger partial charge on any atom is -0.336 e. The van der Waals surface area contributed by atoms with E-state index >= 15 is 0 Å².